The number of carboxylic acids is 1. The van der Waals surface area contributed by atoms with Crippen LogP contribution >= 0.6 is 15.9 Å². The summed E-state index contributed by atoms with van der Waals surface area (Å²) in [5.74, 6) is -1.49. The van der Waals surface area contributed by atoms with Crippen molar-refractivity contribution in [2.75, 3.05) is 13.6 Å². The van der Waals surface area contributed by atoms with Gasteiger partial charge in [0.15, 0.2) is 0 Å². The monoisotopic (exact) mass is 342 g/mol. The zero-order valence-electron chi connectivity index (χ0n) is 11.8. The van der Waals surface area contributed by atoms with Gasteiger partial charge in [0.25, 0.3) is 0 Å². The minimum atomic E-state index is -0.909. The molecule has 0 aliphatic carbocycles. The van der Waals surface area contributed by atoms with E-state index in [0.29, 0.717) is 6.54 Å². The van der Waals surface area contributed by atoms with Gasteiger partial charge in [-0.25, -0.2) is 4.79 Å². The van der Waals surface area contributed by atoms with E-state index in [1.807, 2.05) is 25.1 Å². The van der Waals surface area contributed by atoms with Gasteiger partial charge in [-0.05, 0) is 30.2 Å². The number of urea groups is 1. The molecule has 0 fully saturated rings. The van der Waals surface area contributed by atoms with Gasteiger partial charge < -0.3 is 15.3 Å². The van der Waals surface area contributed by atoms with Crippen LogP contribution in [0.2, 0.25) is 0 Å². The average molecular weight is 343 g/mol. The van der Waals surface area contributed by atoms with Gasteiger partial charge >= 0.3 is 12.0 Å². The molecule has 0 aliphatic heterocycles. The Labute approximate surface area is 127 Å². The number of benzene rings is 1. The molecule has 0 aliphatic rings. The number of carbonyl (C=O) groups is 2. The Morgan fingerprint density at radius 3 is 2.65 bits per heavy atom. The Balaban J connectivity index is 2.52. The van der Waals surface area contributed by atoms with Gasteiger partial charge in [0.1, 0.15) is 0 Å². The van der Waals surface area contributed by atoms with Gasteiger partial charge in [-0.15, -0.1) is 0 Å². The minimum Gasteiger partial charge on any atom is -0.481 e. The van der Waals surface area contributed by atoms with Gasteiger partial charge in [-0.1, -0.05) is 28.9 Å². The minimum absolute atomic E-state index is 0.181. The van der Waals surface area contributed by atoms with E-state index in [-0.39, 0.29) is 12.6 Å². The largest absolute Gasteiger partial charge is 0.481 e. The molecule has 1 atom stereocenters. The number of nitrogens with one attached hydrogen (secondary N) is 1. The zero-order valence-corrected chi connectivity index (χ0v) is 13.4. The van der Waals surface area contributed by atoms with E-state index in [4.69, 9.17) is 5.11 Å². The molecule has 20 heavy (non-hydrogen) atoms. The van der Waals surface area contributed by atoms with Gasteiger partial charge in [-0.2, -0.15) is 0 Å². The highest BCUT2D eigenvalue weighted by Gasteiger charge is 2.17. The van der Waals surface area contributed by atoms with Crippen LogP contribution in [0.5, 0.6) is 0 Å². The van der Waals surface area contributed by atoms with Crippen LogP contribution in [0.25, 0.3) is 0 Å². The van der Waals surface area contributed by atoms with Crippen molar-refractivity contribution < 1.29 is 14.7 Å². The van der Waals surface area contributed by atoms with E-state index in [1.54, 1.807) is 14.0 Å². The maximum atomic E-state index is 11.9. The van der Waals surface area contributed by atoms with E-state index < -0.39 is 11.9 Å². The number of rotatable bonds is 5. The summed E-state index contributed by atoms with van der Waals surface area (Å²) in [6.45, 7) is 4.15. The highest BCUT2D eigenvalue weighted by Crippen LogP contribution is 2.15. The summed E-state index contributed by atoms with van der Waals surface area (Å²) in [5, 5.41) is 11.6. The summed E-state index contributed by atoms with van der Waals surface area (Å²) in [6.07, 6.45) is 0. The standard InChI is InChI=1S/C14H19BrN2O3/c1-9-6-12(15)5-4-11(9)7-16-14(20)17(3)8-10(2)13(18)19/h4-6,10H,7-8H2,1-3H3,(H,16,20)(H,18,19). The fraction of sp³-hybridized carbons (Fsp3) is 0.429. The van der Waals surface area contributed by atoms with Crippen molar-refractivity contribution in [2.45, 2.75) is 20.4 Å². The number of hydrogen-bond donors (Lipinski definition) is 2. The summed E-state index contributed by atoms with van der Waals surface area (Å²) in [5.41, 5.74) is 2.11. The first-order chi connectivity index (χ1) is 9.31. The van der Waals surface area contributed by atoms with Crippen LogP contribution in [0, 0.1) is 12.8 Å². The summed E-state index contributed by atoms with van der Waals surface area (Å²) in [7, 11) is 1.59. The van der Waals surface area contributed by atoms with Crippen molar-refractivity contribution in [3.05, 3.63) is 33.8 Å². The van der Waals surface area contributed by atoms with Gasteiger partial charge in [0, 0.05) is 24.6 Å². The van der Waals surface area contributed by atoms with Crippen molar-refractivity contribution in [2.24, 2.45) is 5.92 Å². The molecule has 5 nitrogen and oxygen atoms in total. The predicted octanol–water partition coefficient (Wildman–Crippen LogP) is 2.62. The molecule has 1 aromatic rings. The molecule has 0 aromatic heterocycles. The molecule has 2 N–H and O–H groups in total. The lowest BCUT2D eigenvalue weighted by Crippen LogP contribution is -2.40. The van der Waals surface area contributed by atoms with Crippen molar-refractivity contribution in [3.8, 4) is 0 Å². The van der Waals surface area contributed by atoms with Crippen molar-refractivity contribution in [1.29, 1.82) is 0 Å². The smallest absolute Gasteiger partial charge is 0.317 e. The molecule has 0 saturated carbocycles. The molecular weight excluding hydrogens is 324 g/mol. The van der Waals surface area contributed by atoms with Crippen LogP contribution in [0.4, 0.5) is 4.79 Å². The Morgan fingerprint density at radius 2 is 2.10 bits per heavy atom. The second-order valence-corrected chi connectivity index (χ2v) is 5.76. The average Bonchev–Trinajstić information content (AvgIpc) is 2.37. The van der Waals surface area contributed by atoms with E-state index in [1.165, 1.54) is 4.90 Å². The molecular formula is C14H19BrN2O3. The van der Waals surface area contributed by atoms with Crippen LogP contribution in [0.15, 0.2) is 22.7 Å². The highest BCUT2D eigenvalue weighted by molar-refractivity contribution is 9.10. The molecule has 0 saturated heterocycles. The van der Waals surface area contributed by atoms with E-state index in [0.717, 1.165) is 15.6 Å². The van der Waals surface area contributed by atoms with Gasteiger partial charge in [-0.3, -0.25) is 4.79 Å². The Kier molecular flexibility index (Phi) is 6.01. The molecule has 1 rings (SSSR count). The fourth-order valence-corrected chi connectivity index (χ4v) is 2.21. The first kappa shape index (κ1) is 16.5. The fourth-order valence-electron chi connectivity index (χ4n) is 1.74. The van der Waals surface area contributed by atoms with Crippen LogP contribution in [-0.2, 0) is 11.3 Å². The third kappa shape index (κ3) is 4.85. The summed E-state index contributed by atoms with van der Waals surface area (Å²) in [4.78, 5) is 24.0. The van der Waals surface area contributed by atoms with Crippen molar-refractivity contribution in [1.82, 2.24) is 10.2 Å². The number of nitrogens with zero attached hydrogens (tertiary/aromatic N) is 1. The second kappa shape index (κ2) is 7.28. The first-order valence-corrected chi connectivity index (χ1v) is 7.07. The summed E-state index contributed by atoms with van der Waals surface area (Å²) < 4.78 is 0.998. The lowest BCUT2D eigenvalue weighted by molar-refractivity contribution is -0.141. The molecule has 110 valence electrons. The molecule has 0 heterocycles. The predicted molar refractivity (Wildman–Crippen MR) is 80.5 cm³/mol. The maximum Gasteiger partial charge on any atom is 0.317 e. The quantitative estimate of drug-likeness (QED) is 0.864. The lowest BCUT2D eigenvalue weighted by Gasteiger charge is -2.20. The maximum absolute atomic E-state index is 11.9. The van der Waals surface area contributed by atoms with E-state index >= 15 is 0 Å². The number of halogens is 1. The number of amides is 2. The van der Waals surface area contributed by atoms with Gasteiger partial charge in [0.05, 0.1) is 5.92 Å². The molecule has 0 bridgehead atoms. The SMILES string of the molecule is Cc1cc(Br)ccc1CNC(=O)N(C)CC(C)C(=O)O. The Hall–Kier alpha value is -1.56. The van der Waals surface area contributed by atoms with Crippen LogP contribution in [0.3, 0.4) is 0 Å². The second-order valence-electron chi connectivity index (χ2n) is 4.85. The van der Waals surface area contributed by atoms with Crippen LogP contribution in [-0.4, -0.2) is 35.6 Å². The molecule has 0 spiro atoms. The van der Waals surface area contributed by atoms with E-state index in [2.05, 4.69) is 21.2 Å². The molecule has 6 heteroatoms. The van der Waals surface area contributed by atoms with Crippen molar-refractivity contribution in [3.63, 3.8) is 0 Å². The number of aliphatic carboxylic acids is 1. The number of carboxylic acid groups (broad SMARTS) is 1. The third-order valence-corrected chi connectivity index (χ3v) is 3.54. The zero-order chi connectivity index (χ0) is 15.3. The lowest BCUT2D eigenvalue weighted by atomic mass is 10.1. The summed E-state index contributed by atoms with van der Waals surface area (Å²) >= 11 is 3.39. The molecule has 2 amide bonds. The number of aryl methyl sites for hydroxylation is 1. The first-order valence-electron chi connectivity index (χ1n) is 6.28. The van der Waals surface area contributed by atoms with Crippen LogP contribution < -0.4 is 5.32 Å². The Morgan fingerprint density at radius 1 is 1.45 bits per heavy atom. The topological polar surface area (TPSA) is 69.6 Å². The molecule has 1 aromatic carbocycles. The summed E-state index contributed by atoms with van der Waals surface area (Å²) in [6, 6.07) is 5.57. The third-order valence-electron chi connectivity index (χ3n) is 3.05. The number of carbonyl (C=O) groups excluding carboxylic acids is 1. The molecule has 0 radical (unpaired) electrons. The number of hydrogen-bond acceptors (Lipinski definition) is 2. The van der Waals surface area contributed by atoms with Crippen LogP contribution in [0.1, 0.15) is 18.1 Å². The van der Waals surface area contributed by atoms with Crippen molar-refractivity contribution >= 4 is 27.9 Å². The van der Waals surface area contributed by atoms with E-state index in [9.17, 15) is 9.59 Å². The normalized spacial score (nSPS) is 11.8. The highest BCUT2D eigenvalue weighted by atomic mass is 79.9. The molecule has 1 unspecified atom stereocenters. The van der Waals surface area contributed by atoms with Gasteiger partial charge in [0.2, 0.25) is 0 Å². The Bertz CT molecular complexity index is 505.